The van der Waals surface area contributed by atoms with Crippen molar-refractivity contribution in [3.8, 4) is 17.2 Å². The molecule has 1 saturated heterocycles. The summed E-state index contributed by atoms with van der Waals surface area (Å²) in [6.45, 7) is 3.08. The summed E-state index contributed by atoms with van der Waals surface area (Å²) in [5.41, 5.74) is 1.12. The second kappa shape index (κ2) is 7.43. The van der Waals surface area contributed by atoms with Crippen LogP contribution in [0.3, 0.4) is 0 Å². The highest BCUT2D eigenvalue weighted by molar-refractivity contribution is 6.30. The molecule has 1 saturated carbocycles. The van der Waals surface area contributed by atoms with Crippen molar-refractivity contribution < 1.29 is 19.3 Å². The van der Waals surface area contributed by atoms with Gasteiger partial charge in [0.25, 0.3) is 0 Å². The Hall–Kier alpha value is -2.02. The molecule has 2 fully saturated rings. The van der Waals surface area contributed by atoms with Gasteiger partial charge in [-0.1, -0.05) is 11.6 Å². The summed E-state index contributed by atoms with van der Waals surface area (Å²) in [5, 5.41) is 11.3. The smallest absolute Gasteiger partial charge is 0.231 e. The van der Waals surface area contributed by atoms with Gasteiger partial charge in [-0.05, 0) is 48.4 Å². The number of ether oxygens (including phenoxy) is 3. The van der Waals surface area contributed by atoms with E-state index in [1.54, 1.807) is 6.20 Å². The zero-order valence-corrected chi connectivity index (χ0v) is 16.2. The summed E-state index contributed by atoms with van der Waals surface area (Å²) in [6, 6.07) is 7.54. The molecule has 7 heteroatoms. The molecular formula is C21H23ClN2O4. The van der Waals surface area contributed by atoms with Gasteiger partial charge in [0.15, 0.2) is 11.5 Å². The number of halogens is 1. The first-order valence-corrected chi connectivity index (χ1v) is 10.1. The lowest BCUT2D eigenvalue weighted by molar-refractivity contribution is -0.0232. The minimum absolute atomic E-state index is 0.200. The van der Waals surface area contributed by atoms with Gasteiger partial charge in [0.2, 0.25) is 6.79 Å². The minimum Gasteiger partial charge on any atom is -0.488 e. The number of benzene rings is 1. The molecule has 0 spiro atoms. The quantitative estimate of drug-likeness (QED) is 0.847. The molecule has 0 bridgehead atoms. The van der Waals surface area contributed by atoms with Gasteiger partial charge in [-0.15, -0.1) is 0 Å². The van der Waals surface area contributed by atoms with Gasteiger partial charge in [-0.25, -0.2) is 0 Å². The number of fused-ring (bicyclic) bond motifs is 2. The molecule has 148 valence electrons. The third kappa shape index (κ3) is 3.64. The number of likely N-dealkylation sites (tertiary alicyclic amines) is 1. The molecule has 5 rings (SSSR count). The summed E-state index contributed by atoms with van der Waals surface area (Å²) < 4.78 is 16.9. The van der Waals surface area contributed by atoms with E-state index in [0.29, 0.717) is 28.4 Å². The SMILES string of the molecule is O[C@@H]1C[C@H]2CN(Cc3cncc(Cl)c3)C[C@H]2C[C@H]1Oc1ccc2c(c1)OCO2. The molecule has 0 radical (unpaired) electrons. The highest BCUT2D eigenvalue weighted by Crippen LogP contribution is 2.40. The Morgan fingerprint density at radius 3 is 2.79 bits per heavy atom. The number of nitrogens with zero attached hydrogens (tertiary/aromatic N) is 2. The van der Waals surface area contributed by atoms with Crippen LogP contribution in [0.15, 0.2) is 36.7 Å². The Balaban J connectivity index is 1.22. The molecule has 3 aliphatic rings. The fourth-order valence-corrected chi connectivity index (χ4v) is 4.87. The number of aliphatic hydroxyl groups excluding tert-OH is 1. The van der Waals surface area contributed by atoms with Crippen molar-refractivity contribution in [3.05, 3.63) is 47.2 Å². The maximum Gasteiger partial charge on any atom is 0.231 e. The summed E-state index contributed by atoms with van der Waals surface area (Å²) in [6.07, 6.45) is 4.49. The predicted molar refractivity (Wildman–Crippen MR) is 104 cm³/mol. The first kappa shape index (κ1) is 18.0. The summed E-state index contributed by atoms with van der Waals surface area (Å²) in [5.74, 6) is 3.17. The van der Waals surface area contributed by atoms with Crippen molar-refractivity contribution in [1.82, 2.24) is 9.88 Å². The number of aliphatic hydroxyl groups is 1. The Kier molecular flexibility index (Phi) is 4.78. The van der Waals surface area contributed by atoms with Gasteiger partial charge in [0.1, 0.15) is 11.9 Å². The van der Waals surface area contributed by atoms with Crippen molar-refractivity contribution in [3.63, 3.8) is 0 Å². The van der Waals surface area contributed by atoms with Crippen LogP contribution in [0.5, 0.6) is 17.2 Å². The van der Waals surface area contributed by atoms with Crippen LogP contribution in [-0.2, 0) is 6.54 Å². The molecule has 1 aliphatic carbocycles. The van der Waals surface area contributed by atoms with Crippen molar-refractivity contribution >= 4 is 11.6 Å². The number of hydrogen-bond acceptors (Lipinski definition) is 6. The second-order valence-electron chi connectivity index (χ2n) is 7.94. The first-order chi connectivity index (χ1) is 13.6. The maximum atomic E-state index is 10.7. The van der Waals surface area contributed by atoms with Crippen molar-refractivity contribution in [2.45, 2.75) is 31.6 Å². The summed E-state index contributed by atoms with van der Waals surface area (Å²) >= 11 is 6.06. The zero-order chi connectivity index (χ0) is 19.1. The molecule has 0 amide bonds. The van der Waals surface area contributed by atoms with Crippen LogP contribution in [0.4, 0.5) is 0 Å². The second-order valence-corrected chi connectivity index (χ2v) is 8.37. The van der Waals surface area contributed by atoms with Gasteiger partial charge in [0, 0.05) is 38.1 Å². The molecule has 4 atom stereocenters. The van der Waals surface area contributed by atoms with Crippen LogP contribution < -0.4 is 14.2 Å². The van der Waals surface area contributed by atoms with Gasteiger partial charge in [0.05, 0.1) is 11.1 Å². The van der Waals surface area contributed by atoms with Gasteiger partial charge >= 0.3 is 0 Å². The van der Waals surface area contributed by atoms with Crippen molar-refractivity contribution in [1.29, 1.82) is 0 Å². The lowest BCUT2D eigenvalue weighted by atomic mass is 9.78. The van der Waals surface area contributed by atoms with Gasteiger partial charge in [-0.2, -0.15) is 0 Å². The molecule has 3 heterocycles. The number of aromatic nitrogens is 1. The maximum absolute atomic E-state index is 10.7. The van der Waals surface area contributed by atoms with Crippen LogP contribution in [0.1, 0.15) is 18.4 Å². The Labute approximate surface area is 169 Å². The fourth-order valence-electron chi connectivity index (χ4n) is 4.67. The fraction of sp³-hybridized carbons (Fsp3) is 0.476. The van der Waals surface area contributed by atoms with E-state index in [2.05, 4.69) is 9.88 Å². The van der Waals surface area contributed by atoms with Gasteiger partial charge in [-0.3, -0.25) is 9.88 Å². The molecule has 2 aliphatic heterocycles. The van der Waals surface area contributed by atoms with Crippen LogP contribution in [0.2, 0.25) is 5.02 Å². The minimum atomic E-state index is -0.459. The molecule has 1 aromatic heterocycles. The average Bonchev–Trinajstić information content (AvgIpc) is 3.27. The lowest BCUT2D eigenvalue weighted by Gasteiger charge is -2.35. The number of rotatable bonds is 4. The Morgan fingerprint density at radius 2 is 1.93 bits per heavy atom. The van der Waals surface area contributed by atoms with E-state index in [-0.39, 0.29) is 12.9 Å². The third-order valence-electron chi connectivity index (χ3n) is 5.96. The van der Waals surface area contributed by atoms with Crippen LogP contribution in [0.25, 0.3) is 0 Å². The molecule has 1 N–H and O–H groups in total. The van der Waals surface area contributed by atoms with E-state index in [4.69, 9.17) is 25.8 Å². The topological polar surface area (TPSA) is 64.1 Å². The Bertz CT molecular complexity index is 864. The molecular weight excluding hydrogens is 380 g/mol. The summed E-state index contributed by atoms with van der Waals surface area (Å²) in [4.78, 5) is 6.60. The van der Waals surface area contributed by atoms with E-state index < -0.39 is 6.10 Å². The highest BCUT2D eigenvalue weighted by atomic mass is 35.5. The van der Waals surface area contributed by atoms with Crippen molar-refractivity contribution in [2.24, 2.45) is 11.8 Å². The zero-order valence-electron chi connectivity index (χ0n) is 15.5. The van der Waals surface area contributed by atoms with Crippen LogP contribution in [0, 0.1) is 11.8 Å². The van der Waals surface area contributed by atoms with E-state index in [9.17, 15) is 5.11 Å². The van der Waals surface area contributed by atoms with Crippen LogP contribution in [-0.4, -0.2) is 47.1 Å². The van der Waals surface area contributed by atoms with E-state index in [0.717, 1.165) is 43.8 Å². The molecule has 28 heavy (non-hydrogen) atoms. The van der Waals surface area contributed by atoms with E-state index in [1.165, 1.54) is 0 Å². The lowest BCUT2D eigenvalue weighted by Crippen LogP contribution is -2.42. The normalized spacial score (nSPS) is 28.9. The largest absolute Gasteiger partial charge is 0.488 e. The molecule has 2 aromatic rings. The molecule has 6 nitrogen and oxygen atoms in total. The van der Waals surface area contributed by atoms with Gasteiger partial charge < -0.3 is 19.3 Å². The number of hydrogen-bond donors (Lipinski definition) is 1. The monoisotopic (exact) mass is 402 g/mol. The standard InChI is InChI=1S/C21H23ClN2O4/c22-16-3-13(7-23-8-16)9-24-10-14-4-18(25)20(5-15(14)11-24)28-17-1-2-19-21(6-17)27-12-26-19/h1-3,6-8,14-15,18,20,25H,4-5,9-12H2/t14-,15+,18+,20+/m0/s1. The van der Waals surface area contributed by atoms with E-state index in [1.807, 2.05) is 30.5 Å². The van der Waals surface area contributed by atoms with Crippen LogP contribution >= 0.6 is 11.6 Å². The van der Waals surface area contributed by atoms with Crippen molar-refractivity contribution in [2.75, 3.05) is 19.9 Å². The molecule has 1 aromatic carbocycles. The predicted octanol–water partition coefficient (Wildman–Crippen LogP) is 3.11. The average molecular weight is 403 g/mol. The number of pyridine rings is 1. The molecule has 0 unspecified atom stereocenters. The first-order valence-electron chi connectivity index (χ1n) is 9.70. The third-order valence-corrected chi connectivity index (χ3v) is 6.17. The van der Waals surface area contributed by atoms with E-state index >= 15 is 0 Å². The summed E-state index contributed by atoms with van der Waals surface area (Å²) in [7, 11) is 0. The Morgan fingerprint density at radius 1 is 1.11 bits per heavy atom. The highest BCUT2D eigenvalue weighted by Gasteiger charge is 2.42.